The molecule has 2 fully saturated rings. The normalized spacial score (nSPS) is 19.1. The zero-order valence-electron chi connectivity index (χ0n) is 17.5. The minimum absolute atomic E-state index is 0.0459. The third-order valence-corrected chi connectivity index (χ3v) is 5.61. The van der Waals surface area contributed by atoms with E-state index in [4.69, 9.17) is 4.74 Å². The van der Waals surface area contributed by atoms with Gasteiger partial charge >= 0.3 is 12.2 Å². The van der Waals surface area contributed by atoms with Gasteiger partial charge in [-0.15, -0.1) is 0 Å². The number of ether oxygens (including phenoxy) is 1. The van der Waals surface area contributed by atoms with Gasteiger partial charge in [-0.25, -0.2) is 9.78 Å². The fourth-order valence-corrected chi connectivity index (χ4v) is 3.83. The maximum absolute atomic E-state index is 12.9. The van der Waals surface area contributed by atoms with Crippen molar-refractivity contribution in [2.45, 2.75) is 25.6 Å². The lowest BCUT2D eigenvalue weighted by Crippen LogP contribution is -2.42. The Kier molecular flexibility index (Phi) is 5.94. The molecule has 32 heavy (non-hydrogen) atoms. The second-order valence-corrected chi connectivity index (χ2v) is 7.94. The number of nitrogens with zero attached hydrogens (tertiary/aromatic N) is 4. The average molecular weight is 448 g/mol. The molecular formula is C22H23F3N4O3. The topological polar surface area (TPSA) is 66.0 Å². The molecule has 0 saturated carbocycles. The van der Waals surface area contributed by atoms with Gasteiger partial charge in [0.2, 0.25) is 11.8 Å². The van der Waals surface area contributed by atoms with Gasteiger partial charge in [-0.3, -0.25) is 9.69 Å². The summed E-state index contributed by atoms with van der Waals surface area (Å²) in [6, 6.07) is 9.13. The van der Waals surface area contributed by atoms with Crippen LogP contribution in [-0.2, 0) is 11.0 Å². The van der Waals surface area contributed by atoms with Gasteiger partial charge in [-0.1, -0.05) is 17.7 Å². The molecule has 2 aliphatic rings. The molecule has 0 N–H and O–H groups in total. The first-order valence-corrected chi connectivity index (χ1v) is 10.3. The number of carbonyl (C=O) groups excluding carboxylic acids is 2. The number of anilines is 1. The summed E-state index contributed by atoms with van der Waals surface area (Å²) in [7, 11) is 0. The molecule has 170 valence electrons. The first-order chi connectivity index (χ1) is 15.2. The van der Waals surface area contributed by atoms with Gasteiger partial charge in [0.25, 0.3) is 0 Å². The third-order valence-electron chi connectivity index (χ3n) is 5.61. The number of aryl methyl sites for hydroxylation is 1. The van der Waals surface area contributed by atoms with E-state index in [1.54, 1.807) is 9.80 Å². The van der Waals surface area contributed by atoms with Crippen LogP contribution in [0.2, 0.25) is 0 Å². The van der Waals surface area contributed by atoms with Crippen LogP contribution < -0.4 is 9.64 Å². The summed E-state index contributed by atoms with van der Waals surface area (Å²) in [5.41, 5.74) is 1.05. The Hall–Kier alpha value is -3.30. The van der Waals surface area contributed by atoms with E-state index in [-0.39, 0.29) is 30.9 Å². The van der Waals surface area contributed by atoms with Crippen molar-refractivity contribution >= 4 is 17.6 Å². The Morgan fingerprint density at radius 1 is 1.16 bits per heavy atom. The maximum atomic E-state index is 12.9. The summed E-state index contributed by atoms with van der Waals surface area (Å²) in [5, 5.41) is 0. The van der Waals surface area contributed by atoms with Gasteiger partial charge in [0, 0.05) is 44.0 Å². The van der Waals surface area contributed by atoms with Crippen molar-refractivity contribution in [2.24, 2.45) is 0 Å². The predicted octanol–water partition coefficient (Wildman–Crippen LogP) is 3.33. The van der Waals surface area contributed by atoms with Crippen LogP contribution in [0.15, 0.2) is 42.6 Å². The SMILES string of the molecule is Cc1ccc(N2CCN(CC(=O)N3CC[C@@H](Oc4cc(C(F)(F)F)ccn4)C3)C2=O)cc1. The summed E-state index contributed by atoms with van der Waals surface area (Å²) in [6.45, 7) is 3.52. The fraction of sp³-hybridized carbons (Fsp3) is 0.409. The van der Waals surface area contributed by atoms with E-state index < -0.39 is 17.8 Å². The van der Waals surface area contributed by atoms with Crippen LogP contribution in [0.1, 0.15) is 17.5 Å². The van der Waals surface area contributed by atoms with Crippen molar-refractivity contribution in [3.05, 3.63) is 53.7 Å². The number of pyridine rings is 1. The van der Waals surface area contributed by atoms with Crippen LogP contribution in [0.3, 0.4) is 0 Å². The van der Waals surface area contributed by atoms with Crippen molar-refractivity contribution < 1.29 is 27.5 Å². The van der Waals surface area contributed by atoms with Crippen LogP contribution >= 0.6 is 0 Å². The number of urea groups is 1. The van der Waals surface area contributed by atoms with Crippen LogP contribution in [0.5, 0.6) is 5.88 Å². The summed E-state index contributed by atoms with van der Waals surface area (Å²) in [5.74, 6) is -0.338. The lowest BCUT2D eigenvalue weighted by atomic mass is 10.2. The van der Waals surface area contributed by atoms with Crippen LogP contribution in [-0.4, -0.2) is 65.5 Å². The second kappa shape index (κ2) is 8.68. The van der Waals surface area contributed by atoms with Crippen LogP contribution in [0.4, 0.5) is 23.7 Å². The first kappa shape index (κ1) is 21.9. The average Bonchev–Trinajstić information content (AvgIpc) is 3.36. The number of aromatic nitrogens is 1. The van der Waals surface area contributed by atoms with E-state index in [0.717, 1.165) is 29.6 Å². The lowest BCUT2D eigenvalue weighted by molar-refractivity contribution is -0.137. The van der Waals surface area contributed by atoms with E-state index in [9.17, 15) is 22.8 Å². The molecule has 2 aromatic rings. The molecule has 0 spiro atoms. The molecule has 2 aliphatic heterocycles. The van der Waals surface area contributed by atoms with E-state index in [1.165, 1.54) is 4.90 Å². The minimum Gasteiger partial charge on any atom is -0.472 e. The summed E-state index contributed by atoms with van der Waals surface area (Å²) >= 11 is 0. The summed E-state index contributed by atoms with van der Waals surface area (Å²) in [6.07, 6.45) is -3.40. The number of amides is 3. The van der Waals surface area contributed by atoms with Crippen molar-refractivity contribution in [3.63, 3.8) is 0 Å². The zero-order valence-corrected chi connectivity index (χ0v) is 17.5. The number of carbonyl (C=O) groups is 2. The van der Waals surface area contributed by atoms with Gasteiger partial charge in [0.05, 0.1) is 12.1 Å². The molecule has 4 rings (SSSR count). The van der Waals surface area contributed by atoms with Crippen molar-refractivity contribution in [1.29, 1.82) is 0 Å². The Balaban J connectivity index is 1.31. The van der Waals surface area contributed by atoms with Gasteiger partial charge in [0.1, 0.15) is 12.6 Å². The van der Waals surface area contributed by atoms with Crippen molar-refractivity contribution in [1.82, 2.24) is 14.8 Å². The minimum atomic E-state index is -4.48. The number of likely N-dealkylation sites (tertiary alicyclic amines) is 1. The number of benzene rings is 1. The van der Waals surface area contributed by atoms with Crippen LogP contribution in [0.25, 0.3) is 0 Å². The molecule has 0 aliphatic carbocycles. The molecule has 2 saturated heterocycles. The zero-order chi connectivity index (χ0) is 22.9. The molecular weight excluding hydrogens is 425 g/mol. The first-order valence-electron chi connectivity index (χ1n) is 10.3. The Morgan fingerprint density at radius 2 is 1.91 bits per heavy atom. The lowest BCUT2D eigenvalue weighted by Gasteiger charge is -2.22. The molecule has 10 heteroatoms. The third kappa shape index (κ3) is 4.79. The highest BCUT2D eigenvalue weighted by Gasteiger charge is 2.35. The van der Waals surface area contributed by atoms with E-state index in [1.807, 2.05) is 31.2 Å². The Bertz CT molecular complexity index is 997. The summed E-state index contributed by atoms with van der Waals surface area (Å²) in [4.78, 5) is 34.0. The van der Waals surface area contributed by atoms with E-state index >= 15 is 0 Å². The maximum Gasteiger partial charge on any atom is 0.416 e. The number of hydrogen-bond donors (Lipinski definition) is 0. The predicted molar refractivity (Wildman–Crippen MR) is 110 cm³/mol. The molecule has 0 unspecified atom stereocenters. The number of halogens is 3. The summed E-state index contributed by atoms with van der Waals surface area (Å²) < 4.78 is 44.1. The molecule has 0 bridgehead atoms. The highest BCUT2D eigenvalue weighted by Crippen LogP contribution is 2.31. The highest BCUT2D eigenvalue weighted by atomic mass is 19.4. The highest BCUT2D eigenvalue weighted by molar-refractivity contribution is 5.96. The van der Waals surface area contributed by atoms with Crippen molar-refractivity contribution in [2.75, 3.05) is 37.6 Å². The van der Waals surface area contributed by atoms with Gasteiger partial charge in [0.15, 0.2) is 0 Å². The largest absolute Gasteiger partial charge is 0.472 e. The van der Waals surface area contributed by atoms with Gasteiger partial charge in [-0.05, 0) is 25.1 Å². The molecule has 1 aromatic carbocycles. The number of rotatable bonds is 5. The standard InChI is InChI=1S/C22H23F3N4O3/c1-15-2-4-17(5-3-15)29-11-10-28(21(29)31)14-20(30)27-9-7-18(13-27)32-19-12-16(6-8-26-19)22(23,24)25/h2-6,8,12,18H,7,9-11,13-14H2,1H3/t18-/m1/s1. The van der Waals surface area contributed by atoms with Gasteiger partial charge < -0.3 is 14.5 Å². The molecule has 1 aromatic heterocycles. The van der Waals surface area contributed by atoms with E-state index in [0.29, 0.717) is 26.1 Å². The Morgan fingerprint density at radius 3 is 2.62 bits per heavy atom. The molecule has 7 nitrogen and oxygen atoms in total. The molecule has 0 radical (unpaired) electrons. The molecule has 3 heterocycles. The van der Waals surface area contributed by atoms with Crippen LogP contribution in [0, 0.1) is 6.92 Å². The number of hydrogen-bond acceptors (Lipinski definition) is 4. The Labute approximate surface area is 183 Å². The smallest absolute Gasteiger partial charge is 0.416 e. The molecule has 3 amide bonds. The fourth-order valence-electron chi connectivity index (χ4n) is 3.83. The second-order valence-electron chi connectivity index (χ2n) is 7.94. The van der Waals surface area contributed by atoms with E-state index in [2.05, 4.69) is 4.98 Å². The quantitative estimate of drug-likeness (QED) is 0.704. The molecule has 1 atom stereocenters. The van der Waals surface area contributed by atoms with Gasteiger partial charge in [-0.2, -0.15) is 13.2 Å². The monoisotopic (exact) mass is 448 g/mol. The number of alkyl halides is 3. The van der Waals surface area contributed by atoms with Crippen molar-refractivity contribution in [3.8, 4) is 5.88 Å².